The van der Waals surface area contributed by atoms with Crippen molar-refractivity contribution in [3.05, 3.63) is 81.9 Å². The van der Waals surface area contributed by atoms with Gasteiger partial charge in [0, 0.05) is 51.5 Å². The maximum atomic E-state index is 13.4. The van der Waals surface area contributed by atoms with Gasteiger partial charge in [-0.1, -0.05) is 30.3 Å². The van der Waals surface area contributed by atoms with E-state index in [1.165, 1.54) is 5.56 Å². The van der Waals surface area contributed by atoms with Gasteiger partial charge in [-0.15, -0.1) is 5.10 Å². The first-order valence-corrected chi connectivity index (χ1v) is 12.1. The Hall–Kier alpha value is -3.60. The number of hydrogen-bond donors (Lipinski definition) is 1. The van der Waals surface area contributed by atoms with Gasteiger partial charge in [-0.05, 0) is 39.6 Å². The van der Waals surface area contributed by atoms with E-state index in [1.54, 1.807) is 18.9 Å². The molecule has 1 aliphatic heterocycles. The van der Waals surface area contributed by atoms with Gasteiger partial charge in [0.15, 0.2) is 5.82 Å². The highest BCUT2D eigenvalue weighted by atomic mass is 16.5. The predicted molar refractivity (Wildman–Crippen MR) is 136 cm³/mol. The highest BCUT2D eigenvalue weighted by molar-refractivity contribution is 5.80. The van der Waals surface area contributed by atoms with Crippen LogP contribution in [0.5, 0.6) is 5.75 Å². The van der Waals surface area contributed by atoms with Crippen LogP contribution in [0.15, 0.2) is 59.4 Å². The molecule has 36 heavy (non-hydrogen) atoms. The molecule has 1 saturated heterocycles. The van der Waals surface area contributed by atoms with Crippen molar-refractivity contribution in [3.63, 3.8) is 0 Å². The van der Waals surface area contributed by atoms with Crippen LogP contribution in [-0.4, -0.2) is 82.0 Å². The molecule has 0 amide bonds. The van der Waals surface area contributed by atoms with E-state index in [0.717, 1.165) is 43.6 Å². The monoisotopic (exact) mass is 489 g/mol. The van der Waals surface area contributed by atoms with Crippen molar-refractivity contribution < 1.29 is 9.47 Å². The summed E-state index contributed by atoms with van der Waals surface area (Å²) in [5, 5.41) is 13.4. The first-order valence-electron chi connectivity index (χ1n) is 12.1. The van der Waals surface area contributed by atoms with Crippen LogP contribution >= 0.6 is 0 Å². The zero-order chi connectivity index (χ0) is 24.9. The zero-order valence-electron chi connectivity index (χ0n) is 20.6. The second-order valence-corrected chi connectivity index (χ2v) is 8.96. The molecule has 0 spiro atoms. The Bertz CT molecular complexity index is 1350. The maximum absolute atomic E-state index is 13.4. The molecule has 1 aliphatic rings. The van der Waals surface area contributed by atoms with Crippen LogP contribution in [0.1, 0.15) is 23.0 Å². The molecular weight excluding hydrogens is 458 g/mol. The number of benzene rings is 2. The Balaban J connectivity index is 1.47. The summed E-state index contributed by atoms with van der Waals surface area (Å²) in [6.45, 7) is 5.23. The minimum absolute atomic E-state index is 0.159. The van der Waals surface area contributed by atoms with Gasteiger partial charge in [0.1, 0.15) is 11.8 Å². The van der Waals surface area contributed by atoms with Crippen LogP contribution in [0.3, 0.4) is 0 Å². The quantitative estimate of drug-likeness (QED) is 0.381. The number of fused-ring (bicyclic) bond motifs is 1. The Kier molecular flexibility index (Phi) is 7.36. The minimum Gasteiger partial charge on any atom is -0.497 e. The number of tetrazole rings is 1. The largest absolute Gasteiger partial charge is 0.497 e. The molecule has 10 heteroatoms. The van der Waals surface area contributed by atoms with Gasteiger partial charge < -0.3 is 14.5 Å². The summed E-state index contributed by atoms with van der Waals surface area (Å²) < 4.78 is 12.3. The van der Waals surface area contributed by atoms with E-state index in [-0.39, 0.29) is 11.6 Å². The number of pyridine rings is 1. The number of nitrogens with zero attached hydrogens (tertiary/aromatic N) is 6. The van der Waals surface area contributed by atoms with Gasteiger partial charge in [-0.3, -0.25) is 14.6 Å². The number of aromatic amines is 1. The van der Waals surface area contributed by atoms with E-state index in [4.69, 9.17) is 9.47 Å². The van der Waals surface area contributed by atoms with E-state index in [0.29, 0.717) is 30.3 Å². The topological polar surface area (TPSA) is 101 Å². The number of aromatic nitrogens is 5. The van der Waals surface area contributed by atoms with Crippen LogP contribution < -0.4 is 10.3 Å². The minimum atomic E-state index is -0.383. The summed E-state index contributed by atoms with van der Waals surface area (Å²) >= 11 is 0. The number of H-pyrrole nitrogens is 1. The molecule has 0 saturated carbocycles. The summed E-state index contributed by atoms with van der Waals surface area (Å²) in [5.74, 6) is 1.34. The molecule has 0 aliphatic carbocycles. The van der Waals surface area contributed by atoms with Crippen LogP contribution in [0.4, 0.5) is 0 Å². The molecule has 1 atom stereocenters. The number of rotatable bonds is 9. The van der Waals surface area contributed by atoms with Crippen molar-refractivity contribution in [1.29, 1.82) is 0 Å². The lowest BCUT2D eigenvalue weighted by atomic mass is 10.0. The average molecular weight is 490 g/mol. The normalized spacial score (nSPS) is 15.8. The van der Waals surface area contributed by atoms with E-state index in [1.807, 2.05) is 30.3 Å². The van der Waals surface area contributed by atoms with Crippen molar-refractivity contribution >= 4 is 10.9 Å². The molecule has 0 radical (unpaired) electrons. The predicted octanol–water partition coefficient (Wildman–Crippen LogP) is 2.08. The summed E-state index contributed by atoms with van der Waals surface area (Å²) in [6, 6.07) is 17.7. The number of ether oxygens (including phenoxy) is 2. The highest BCUT2D eigenvalue weighted by Gasteiger charge is 2.32. The van der Waals surface area contributed by atoms with Gasteiger partial charge in [0.05, 0.1) is 25.8 Å². The second-order valence-electron chi connectivity index (χ2n) is 8.96. The molecule has 2 aromatic heterocycles. The molecule has 1 N–H and O–H groups in total. The standard InChI is InChI=1S/C26H31N7O3/c1-35-15-14-33-25(28-29-30-33)24(22-16-20-8-9-21(36-2)17-23(20)27-26(22)34)32-12-10-31(11-13-32)18-19-6-4-3-5-7-19/h3-9,16-17,24H,10-15,18H2,1-2H3,(H,27,34). The third-order valence-electron chi connectivity index (χ3n) is 6.71. The third-order valence-corrected chi connectivity index (χ3v) is 6.71. The van der Waals surface area contributed by atoms with E-state index in [2.05, 4.69) is 54.6 Å². The van der Waals surface area contributed by atoms with Crippen molar-refractivity contribution in [2.24, 2.45) is 0 Å². The SMILES string of the molecule is COCCn1nnnc1C(c1cc2ccc(OC)cc2[nH]c1=O)N1CCN(Cc2ccccc2)CC1. The molecule has 1 fully saturated rings. The Morgan fingerprint density at radius 1 is 1.03 bits per heavy atom. The number of piperazine rings is 1. The Morgan fingerprint density at radius 2 is 1.83 bits per heavy atom. The van der Waals surface area contributed by atoms with Gasteiger partial charge in [-0.25, -0.2) is 4.68 Å². The molecule has 4 aromatic rings. The third kappa shape index (κ3) is 5.15. The summed E-state index contributed by atoms with van der Waals surface area (Å²) in [4.78, 5) is 21.2. The maximum Gasteiger partial charge on any atom is 0.253 e. The van der Waals surface area contributed by atoms with Crippen LogP contribution in [0.2, 0.25) is 0 Å². The van der Waals surface area contributed by atoms with Crippen LogP contribution in [-0.2, 0) is 17.8 Å². The molecule has 2 aromatic carbocycles. The highest BCUT2D eigenvalue weighted by Crippen LogP contribution is 2.29. The van der Waals surface area contributed by atoms with Gasteiger partial charge in [0.25, 0.3) is 5.56 Å². The summed E-state index contributed by atoms with van der Waals surface area (Å²) in [5.41, 5.74) is 2.49. The molecule has 1 unspecified atom stereocenters. The fourth-order valence-corrected chi connectivity index (χ4v) is 4.79. The lowest BCUT2D eigenvalue weighted by Crippen LogP contribution is -2.48. The molecular formula is C26H31N7O3. The van der Waals surface area contributed by atoms with E-state index >= 15 is 0 Å². The smallest absolute Gasteiger partial charge is 0.253 e. The van der Waals surface area contributed by atoms with Crippen LogP contribution in [0, 0.1) is 0 Å². The first kappa shape index (κ1) is 24.1. The fraction of sp³-hybridized carbons (Fsp3) is 0.385. The summed E-state index contributed by atoms with van der Waals surface area (Å²) in [6.07, 6.45) is 0. The fourth-order valence-electron chi connectivity index (χ4n) is 4.79. The van der Waals surface area contributed by atoms with Crippen molar-refractivity contribution in [2.45, 2.75) is 19.1 Å². The van der Waals surface area contributed by atoms with Crippen molar-refractivity contribution in [1.82, 2.24) is 35.0 Å². The van der Waals surface area contributed by atoms with Crippen LogP contribution in [0.25, 0.3) is 10.9 Å². The zero-order valence-corrected chi connectivity index (χ0v) is 20.6. The molecule has 10 nitrogen and oxygen atoms in total. The lowest BCUT2D eigenvalue weighted by molar-refractivity contribution is 0.0984. The molecule has 188 valence electrons. The Morgan fingerprint density at radius 3 is 2.58 bits per heavy atom. The molecule has 5 rings (SSSR count). The lowest BCUT2D eigenvalue weighted by Gasteiger charge is -2.38. The average Bonchev–Trinajstić information content (AvgIpc) is 3.37. The van der Waals surface area contributed by atoms with Crippen molar-refractivity contribution in [3.8, 4) is 5.75 Å². The van der Waals surface area contributed by atoms with E-state index in [9.17, 15) is 4.79 Å². The van der Waals surface area contributed by atoms with E-state index < -0.39 is 0 Å². The molecule has 0 bridgehead atoms. The first-order chi connectivity index (χ1) is 17.7. The van der Waals surface area contributed by atoms with Gasteiger partial charge >= 0.3 is 0 Å². The van der Waals surface area contributed by atoms with Gasteiger partial charge in [-0.2, -0.15) is 0 Å². The second kappa shape index (κ2) is 11.0. The number of hydrogen-bond acceptors (Lipinski definition) is 8. The van der Waals surface area contributed by atoms with Crippen molar-refractivity contribution in [2.75, 3.05) is 47.0 Å². The number of methoxy groups -OCH3 is 2. The number of nitrogens with one attached hydrogen (secondary N) is 1. The molecule has 3 heterocycles. The summed E-state index contributed by atoms with van der Waals surface area (Å²) in [7, 11) is 3.26. The Labute approximate surface area is 209 Å². The van der Waals surface area contributed by atoms with Gasteiger partial charge in [0.2, 0.25) is 0 Å².